The van der Waals surface area contributed by atoms with E-state index in [1.165, 1.54) is 5.69 Å². The van der Waals surface area contributed by atoms with Crippen molar-refractivity contribution in [2.24, 2.45) is 0 Å². The fourth-order valence-electron chi connectivity index (χ4n) is 2.74. The third-order valence-electron chi connectivity index (χ3n) is 4.08. The van der Waals surface area contributed by atoms with Crippen LogP contribution in [0.25, 0.3) is 11.4 Å². The molecule has 1 saturated heterocycles. The van der Waals surface area contributed by atoms with E-state index < -0.39 is 0 Å². The maximum absolute atomic E-state index is 5.62. The first-order valence-electron chi connectivity index (χ1n) is 8.32. The second kappa shape index (κ2) is 7.36. The van der Waals surface area contributed by atoms with Crippen LogP contribution >= 0.6 is 0 Å². The van der Waals surface area contributed by atoms with E-state index in [9.17, 15) is 0 Å². The van der Waals surface area contributed by atoms with Crippen molar-refractivity contribution in [2.45, 2.75) is 6.61 Å². The van der Waals surface area contributed by atoms with Crippen molar-refractivity contribution in [1.82, 2.24) is 10.1 Å². The topological polar surface area (TPSA) is 60.6 Å². The first-order chi connectivity index (χ1) is 12.4. The predicted molar refractivity (Wildman–Crippen MR) is 93.5 cm³/mol. The molecule has 1 aromatic heterocycles. The summed E-state index contributed by atoms with van der Waals surface area (Å²) in [4.78, 5) is 6.71. The fourth-order valence-corrected chi connectivity index (χ4v) is 2.74. The molecule has 2 aromatic carbocycles. The van der Waals surface area contributed by atoms with E-state index in [0.717, 1.165) is 37.6 Å². The van der Waals surface area contributed by atoms with Crippen molar-refractivity contribution in [3.05, 3.63) is 60.5 Å². The Labute approximate surface area is 146 Å². The van der Waals surface area contributed by atoms with Crippen molar-refractivity contribution in [2.75, 3.05) is 31.2 Å². The summed E-state index contributed by atoms with van der Waals surface area (Å²) in [5, 5.41) is 4.04. The summed E-state index contributed by atoms with van der Waals surface area (Å²) >= 11 is 0. The van der Waals surface area contributed by atoms with Gasteiger partial charge in [-0.2, -0.15) is 4.98 Å². The minimum Gasteiger partial charge on any atom is -0.484 e. The molecule has 4 rings (SSSR count). The second-order valence-electron chi connectivity index (χ2n) is 5.76. The number of aromatic nitrogens is 2. The molecule has 1 aliphatic heterocycles. The quantitative estimate of drug-likeness (QED) is 0.713. The lowest BCUT2D eigenvalue weighted by molar-refractivity contribution is 0.122. The minimum atomic E-state index is 0.253. The van der Waals surface area contributed by atoms with Gasteiger partial charge in [0, 0.05) is 24.3 Å². The minimum absolute atomic E-state index is 0.253. The molecule has 6 nitrogen and oxygen atoms in total. The molecule has 0 N–H and O–H groups in total. The Hall–Kier alpha value is -2.86. The molecule has 25 heavy (non-hydrogen) atoms. The molecule has 128 valence electrons. The molecule has 0 radical (unpaired) electrons. The van der Waals surface area contributed by atoms with Crippen molar-refractivity contribution < 1.29 is 14.0 Å². The molecule has 0 atom stereocenters. The molecule has 1 aliphatic rings. The molecule has 0 spiro atoms. The molecular formula is C19H19N3O3. The summed E-state index contributed by atoms with van der Waals surface area (Å²) in [5.74, 6) is 1.80. The van der Waals surface area contributed by atoms with E-state index >= 15 is 0 Å². The Morgan fingerprint density at radius 2 is 1.72 bits per heavy atom. The van der Waals surface area contributed by atoms with Crippen molar-refractivity contribution in [3.63, 3.8) is 0 Å². The van der Waals surface area contributed by atoms with E-state index in [1.54, 1.807) is 0 Å². The van der Waals surface area contributed by atoms with Crippen LogP contribution in [0, 0.1) is 0 Å². The third kappa shape index (κ3) is 3.80. The van der Waals surface area contributed by atoms with Crippen LogP contribution in [-0.2, 0) is 11.3 Å². The zero-order valence-corrected chi connectivity index (χ0v) is 13.8. The van der Waals surface area contributed by atoms with Crippen molar-refractivity contribution in [3.8, 4) is 17.1 Å². The van der Waals surface area contributed by atoms with Gasteiger partial charge >= 0.3 is 0 Å². The second-order valence-corrected chi connectivity index (χ2v) is 5.76. The van der Waals surface area contributed by atoms with Gasteiger partial charge in [0.05, 0.1) is 13.2 Å². The lowest BCUT2D eigenvalue weighted by atomic mass is 10.2. The molecule has 0 aliphatic carbocycles. The van der Waals surface area contributed by atoms with Gasteiger partial charge in [-0.1, -0.05) is 23.4 Å². The molecule has 6 heteroatoms. The first kappa shape index (κ1) is 15.7. The lowest BCUT2D eigenvalue weighted by Crippen LogP contribution is -2.36. The molecule has 0 saturated carbocycles. The zero-order valence-electron chi connectivity index (χ0n) is 13.8. The van der Waals surface area contributed by atoms with Crippen LogP contribution < -0.4 is 9.64 Å². The van der Waals surface area contributed by atoms with Gasteiger partial charge < -0.3 is 18.9 Å². The number of para-hydroxylation sites is 1. The average molecular weight is 337 g/mol. The number of hydrogen-bond donors (Lipinski definition) is 0. The van der Waals surface area contributed by atoms with Crippen LogP contribution in [0.3, 0.4) is 0 Å². The molecule has 3 aromatic rings. The van der Waals surface area contributed by atoms with Crippen molar-refractivity contribution in [1.29, 1.82) is 0 Å². The van der Waals surface area contributed by atoms with Gasteiger partial charge in [0.2, 0.25) is 5.82 Å². The largest absolute Gasteiger partial charge is 0.484 e. The molecule has 2 heterocycles. The van der Waals surface area contributed by atoms with Gasteiger partial charge in [0.1, 0.15) is 5.75 Å². The highest BCUT2D eigenvalue weighted by Crippen LogP contribution is 2.22. The van der Waals surface area contributed by atoms with Crippen molar-refractivity contribution >= 4 is 5.69 Å². The zero-order chi connectivity index (χ0) is 16.9. The van der Waals surface area contributed by atoms with Gasteiger partial charge in [-0.05, 0) is 36.4 Å². The number of nitrogens with zero attached hydrogens (tertiary/aromatic N) is 3. The molecule has 0 unspecified atom stereocenters. The Kier molecular flexibility index (Phi) is 4.61. The Balaban J connectivity index is 1.41. The molecular weight excluding hydrogens is 318 g/mol. The number of rotatable bonds is 5. The number of anilines is 1. The average Bonchev–Trinajstić information content (AvgIpc) is 3.17. The smallest absolute Gasteiger partial charge is 0.264 e. The Morgan fingerprint density at radius 3 is 2.48 bits per heavy atom. The van der Waals surface area contributed by atoms with Crippen LogP contribution in [0.2, 0.25) is 0 Å². The monoisotopic (exact) mass is 337 g/mol. The van der Waals surface area contributed by atoms with Gasteiger partial charge in [-0.3, -0.25) is 0 Å². The van der Waals surface area contributed by atoms with Gasteiger partial charge in [0.15, 0.2) is 6.61 Å². The number of benzene rings is 2. The number of ether oxygens (including phenoxy) is 2. The Morgan fingerprint density at radius 1 is 0.960 bits per heavy atom. The normalized spacial score (nSPS) is 14.5. The van der Waals surface area contributed by atoms with Crippen LogP contribution in [0.1, 0.15) is 5.89 Å². The number of morpholine rings is 1. The summed E-state index contributed by atoms with van der Waals surface area (Å²) in [6, 6.07) is 17.7. The fraction of sp³-hybridized carbons (Fsp3) is 0.263. The van der Waals surface area contributed by atoms with Gasteiger partial charge in [0.25, 0.3) is 5.89 Å². The van der Waals surface area contributed by atoms with Crippen LogP contribution in [0.4, 0.5) is 5.69 Å². The van der Waals surface area contributed by atoms with Crippen LogP contribution in [0.15, 0.2) is 59.1 Å². The first-order valence-corrected chi connectivity index (χ1v) is 8.32. The third-order valence-corrected chi connectivity index (χ3v) is 4.08. The van der Waals surface area contributed by atoms with E-state index in [4.69, 9.17) is 14.0 Å². The highest BCUT2D eigenvalue weighted by Gasteiger charge is 2.13. The predicted octanol–water partition coefficient (Wildman–Crippen LogP) is 3.15. The maximum Gasteiger partial charge on any atom is 0.264 e. The van der Waals surface area contributed by atoms with Crippen LogP contribution in [-0.4, -0.2) is 36.4 Å². The van der Waals surface area contributed by atoms with Crippen LogP contribution in [0.5, 0.6) is 5.75 Å². The van der Waals surface area contributed by atoms with E-state index in [2.05, 4.69) is 27.2 Å². The summed E-state index contributed by atoms with van der Waals surface area (Å²) in [6.07, 6.45) is 0. The highest BCUT2D eigenvalue weighted by atomic mass is 16.5. The van der Waals surface area contributed by atoms with E-state index in [0.29, 0.717) is 11.7 Å². The van der Waals surface area contributed by atoms with E-state index in [1.807, 2.05) is 42.5 Å². The summed E-state index contributed by atoms with van der Waals surface area (Å²) < 4.78 is 16.3. The highest BCUT2D eigenvalue weighted by molar-refractivity contribution is 5.60. The standard InChI is InChI=1S/C19H19N3O3/c1-2-4-17(5-3-1)24-14-18-20-19(21-25-18)15-6-8-16(9-7-15)22-10-12-23-13-11-22/h1-9H,10-14H2. The summed E-state index contributed by atoms with van der Waals surface area (Å²) in [7, 11) is 0. The lowest BCUT2D eigenvalue weighted by Gasteiger charge is -2.28. The molecule has 0 amide bonds. The summed E-state index contributed by atoms with van der Waals surface area (Å²) in [6.45, 7) is 3.64. The Bertz CT molecular complexity index is 796. The maximum atomic E-state index is 5.62. The number of hydrogen-bond acceptors (Lipinski definition) is 6. The van der Waals surface area contributed by atoms with Gasteiger partial charge in [-0.25, -0.2) is 0 Å². The molecule has 0 bridgehead atoms. The van der Waals surface area contributed by atoms with Gasteiger partial charge in [-0.15, -0.1) is 0 Å². The SMILES string of the molecule is c1ccc(OCc2nc(-c3ccc(N4CCOCC4)cc3)no2)cc1. The molecule has 1 fully saturated rings. The van der Waals surface area contributed by atoms with E-state index in [-0.39, 0.29) is 6.61 Å². The summed E-state index contributed by atoms with van der Waals surface area (Å²) in [5.41, 5.74) is 2.11.